The molecule has 1 N–H and O–H groups in total. The standard InChI is InChI=1S/C20H19F2N5O2S.C7H6O/c1-2-3-14-7-15-18(30-14)24-12-26(19(15)28)8-20(29,9-27-11-23-10-25-27)16-5-4-13(21)6-17(16)22;1-3-7-4-2-6(1)5-8-7/h4-7,10-12,29H,2-3,8-9H2,1H3;1-4H,5H2. The number of aliphatic hydroxyl groups is 1. The van der Waals surface area contributed by atoms with Gasteiger partial charge in [0.15, 0.2) is 0 Å². The van der Waals surface area contributed by atoms with Crippen molar-refractivity contribution in [2.75, 3.05) is 0 Å². The van der Waals surface area contributed by atoms with Crippen molar-refractivity contribution >= 4 is 21.6 Å². The molecule has 0 aliphatic carbocycles. The van der Waals surface area contributed by atoms with Crippen molar-refractivity contribution in [1.29, 1.82) is 0 Å². The van der Waals surface area contributed by atoms with Crippen LogP contribution in [0, 0.1) is 11.6 Å². The van der Waals surface area contributed by atoms with Crippen LogP contribution in [0.1, 0.15) is 29.3 Å². The lowest BCUT2D eigenvalue weighted by Gasteiger charge is -2.29. The Morgan fingerprint density at radius 3 is 2.50 bits per heavy atom. The van der Waals surface area contributed by atoms with Gasteiger partial charge in [-0.2, -0.15) is 5.10 Å². The molecule has 2 aromatic carbocycles. The highest BCUT2D eigenvalue weighted by Crippen LogP contribution is 2.29. The normalized spacial score (nSPS) is 13.6. The number of rotatable bonds is 7. The fourth-order valence-electron chi connectivity index (χ4n) is 4.29. The molecule has 0 spiro atoms. The van der Waals surface area contributed by atoms with Crippen LogP contribution in [-0.4, -0.2) is 29.4 Å². The zero-order chi connectivity index (χ0) is 26.7. The monoisotopic (exact) mass is 537 g/mol. The van der Waals surface area contributed by atoms with Gasteiger partial charge in [-0.15, -0.1) is 11.3 Å². The lowest BCUT2D eigenvalue weighted by atomic mass is 9.92. The summed E-state index contributed by atoms with van der Waals surface area (Å²) in [5.74, 6) is -0.693. The Kier molecular flexibility index (Phi) is 7.30. The van der Waals surface area contributed by atoms with Crippen LogP contribution < -0.4 is 10.3 Å². The molecular formula is C27H25F2N5O3S. The van der Waals surface area contributed by atoms with E-state index in [1.165, 1.54) is 51.2 Å². The molecular weight excluding hydrogens is 512 g/mol. The zero-order valence-electron chi connectivity index (χ0n) is 20.6. The predicted molar refractivity (Wildman–Crippen MR) is 139 cm³/mol. The number of fused-ring (bicyclic) bond motifs is 4. The van der Waals surface area contributed by atoms with Gasteiger partial charge in [0.05, 0.1) is 24.8 Å². The molecule has 3 aromatic heterocycles. The van der Waals surface area contributed by atoms with Crippen LogP contribution in [-0.2, 0) is 31.7 Å². The van der Waals surface area contributed by atoms with E-state index in [0.29, 0.717) is 16.3 Å². The molecule has 11 heteroatoms. The van der Waals surface area contributed by atoms with Crippen LogP contribution in [0.15, 0.2) is 72.3 Å². The Labute approximate surface area is 220 Å². The minimum absolute atomic E-state index is 0.150. The molecule has 0 saturated heterocycles. The number of aryl methyl sites for hydroxylation is 1. The van der Waals surface area contributed by atoms with Gasteiger partial charge < -0.3 is 9.84 Å². The second-order valence-electron chi connectivity index (χ2n) is 9.04. The van der Waals surface area contributed by atoms with Crippen molar-refractivity contribution < 1.29 is 18.6 Å². The van der Waals surface area contributed by atoms with Gasteiger partial charge in [0.2, 0.25) is 0 Å². The molecule has 0 saturated carbocycles. The Morgan fingerprint density at radius 1 is 1.11 bits per heavy atom. The first kappa shape index (κ1) is 25.7. The third kappa shape index (κ3) is 5.48. The number of aromatic nitrogens is 5. The van der Waals surface area contributed by atoms with E-state index in [0.717, 1.165) is 36.1 Å². The third-order valence-electron chi connectivity index (χ3n) is 6.15. The number of ether oxygens (including phenoxy) is 1. The number of hydrogen-bond acceptors (Lipinski definition) is 7. The number of thiophene rings is 1. The molecule has 1 unspecified atom stereocenters. The van der Waals surface area contributed by atoms with Crippen molar-refractivity contribution in [2.45, 2.75) is 45.1 Å². The molecule has 7 rings (SSSR count). The number of hydrogen-bond donors (Lipinski definition) is 1. The summed E-state index contributed by atoms with van der Waals surface area (Å²) in [5.41, 5.74) is -1.12. The lowest BCUT2D eigenvalue weighted by Crippen LogP contribution is -2.40. The van der Waals surface area contributed by atoms with Gasteiger partial charge in [-0.05, 0) is 36.2 Å². The van der Waals surface area contributed by atoms with Gasteiger partial charge in [-0.3, -0.25) is 9.36 Å². The molecule has 5 aromatic rings. The van der Waals surface area contributed by atoms with E-state index >= 15 is 0 Å². The minimum Gasteiger partial charge on any atom is -0.489 e. The second kappa shape index (κ2) is 10.8. The van der Waals surface area contributed by atoms with Gasteiger partial charge in [-0.1, -0.05) is 31.5 Å². The third-order valence-corrected chi connectivity index (χ3v) is 7.25. The smallest absolute Gasteiger partial charge is 0.262 e. The molecule has 0 radical (unpaired) electrons. The van der Waals surface area contributed by atoms with E-state index in [1.54, 1.807) is 0 Å². The van der Waals surface area contributed by atoms with Crippen LogP contribution in [0.3, 0.4) is 0 Å². The highest BCUT2D eigenvalue weighted by molar-refractivity contribution is 7.18. The minimum atomic E-state index is -1.90. The SMILES string of the molecule is CCCc1cc2c(=O)n(CC(O)(Cn3cncn3)c3ccc(F)cc3F)cnc2s1.c1cc2ccc1CO2. The number of halogens is 2. The summed E-state index contributed by atoms with van der Waals surface area (Å²) < 4.78 is 35.7. The molecule has 0 fully saturated rings. The van der Waals surface area contributed by atoms with Gasteiger partial charge in [-0.25, -0.2) is 23.4 Å². The molecule has 2 aliphatic rings. The number of benzene rings is 2. The van der Waals surface area contributed by atoms with E-state index in [1.807, 2.05) is 18.2 Å². The molecule has 196 valence electrons. The van der Waals surface area contributed by atoms with Gasteiger partial charge in [0.1, 0.15) is 47.1 Å². The van der Waals surface area contributed by atoms with Crippen LogP contribution >= 0.6 is 11.3 Å². The first-order valence-corrected chi connectivity index (χ1v) is 12.9. The molecule has 8 nitrogen and oxygen atoms in total. The maximum absolute atomic E-state index is 14.6. The maximum atomic E-state index is 14.6. The highest BCUT2D eigenvalue weighted by atomic mass is 32.1. The topological polar surface area (TPSA) is 95.1 Å². The molecule has 2 bridgehead atoms. The largest absolute Gasteiger partial charge is 0.489 e. The Bertz CT molecular complexity index is 1580. The van der Waals surface area contributed by atoms with Crippen molar-refractivity contribution in [3.8, 4) is 5.75 Å². The summed E-state index contributed by atoms with van der Waals surface area (Å²) in [4.78, 5) is 22.9. The summed E-state index contributed by atoms with van der Waals surface area (Å²) in [6.07, 6.45) is 5.78. The molecule has 0 amide bonds. The van der Waals surface area contributed by atoms with E-state index in [2.05, 4.69) is 34.1 Å². The fraction of sp³-hybridized carbons (Fsp3) is 0.259. The van der Waals surface area contributed by atoms with E-state index < -0.39 is 17.2 Å². The van der Waals surface area contributed by atoms with Crippen LogP contribution in [0.2, 0.25) is 0 Å². The first-order valence-electron chi connectivity index (χ1n) is 12.0. The van der Waals surface area contributed by atoms with Crippen LogP contribution in [0.25, 0.3) is 10.2 Å². The quantitative estimate of drug-likeness (QED) is 0.330. The summed E-state index contributed by atoms with van der Waals surface area (Å²) in [6.45, 7) is 2.33. The molecule has 5 heterocycles. The van der Waals surface area contributed by atoms with Crippen molar-refractivity contribution in [1.82, 2.24) is 24.3 Å². The number of nitrogens with zero attached hydrogens (tertiary/aromatic N) is 5. The lowest BCUT2D eigenvalue weighted by molar-refractivity contribution is -0.00640. The summed E-state index contributed by atoms with van der Waals surface area (Å²) in [5, 5.41) is 15.8. The van der Waals surface area contributed by atoms with Gasteiger partial charge in [0.25, 0.3) is 5.56 Å². The Balaban J connectivity index is 0.000000310. The summed E-state index contributed by atoms with van der Waals surface area (Å²) in [6, 6.07) is 12.9. The van der Waals surface area contributed by atoms with Crippen molar-refractivity contribution in [3.63, 3.8) is 0 Å². The molecule has 2 aliphatic heterocycles. The molecule has 38 heavy (non-hydrogen) atoms. The van der Waals surface area contributed by atoms with E-state index in [-0.39, 0.29) is 24.2 Å². The molecule has 1 atom stereocenters. The van der Waals surface area contributed by atoms with Gasteiger partial charge >= 0.3 is 0 Å². The first-order chi connectivity index (χ1) is 18.3. The Hall–Kier alpha value is -3.96. The predicted octanol–water partition coefficient (Wildman–Crippen LogP) is 4.45. The average Bonchev–Trinajstić information content (AvgIpc) is 3.57. The Morgan fingerprint density at radius 2 is 1.92 bits per heavy atom. The van der Waals surface area contributed by atoms with Crippen molar-refractivity contribution in [3.05, 3.63) is 106 Å². The highest BCUT2D eigenvalue weighted by Gasteiger charge is 2.35. The van der Waals surface area contributed by atoms with E-state index in [9.17, 15) is 18.7 Å². The maximum Gasteiger partial charge on any atom is 0.262 e. The van der Waals surface area contributed by atoms with Gasteiger partial charge in [0, 0.05) is 16.5 Å². The average molecular weight is 538 g/mol. The van der Waals surface area contributed by atoms with Crippen LogP contribution in [0.4, 0.5) is 8.78 Å². The zero-order valence-corrected chi connectivity index (χ0v) is 21.4. The van der Waals surface area contributed by atoms with E-state index in [4.69, 9.17) is 4.74 Å². The van der Waals surface area contributed by atoms with Crippen molar-refractivity contribution in [2.24, 2.45) is 0 Å². The summed E-state index contributed by atoms with van der Waals surface area (Å²) in [7, 11) is 0. The second-order valence-corrected chi connectivity index (χ2v) is 10.2. The summed E-state index contributed by atoms with van der Waals surface area (Å²) >= 11 is 1.46. The fourth-order valence-corrected chi connectivity index (χ4v) is 5.38. The van der Waals surface area contributed by atoms with Crippen LogP contribution in [0.5, 0.6) is 5.75 Å².